The number of benzene rings is 2. The minimum absolute atomic E-state index is 0.705. The molecule has 2 aromatic rings. The summed E-state index contributed by atoms with van der Waals surface area (Å²) >= 11 is 6.85. The molecule has 4 heteroatoms. The fourth-order valence-corrected chi connectivity index (χ4v) is 2.40. The highest BCUT2D eigenvalue weighted by Gasteiger charge is 2.05. The van der Waals surface area contributed by atoms with E-state index in [9.17, 15) is 0 Å². The summed E-state index contributed by atoms with van der Waals surface area (Å²) in [5.74, 6) is 1.59. The molecule has 2 rings (SSSR count). The zero-order valence-corrected chi connectivity index (χ0v) is 12.4. The SMILES string of the molecule is Cc1cc(Br)ccc1Oc1ccc(N)cc1Br. The summed E-state index contributed by atoms with van der Waals surface area (Å²) in [7, 11) is 0. The standard InChI is InChI=1S/C13H11Br2NO/c1-8-6-9(14)2-4-12(8)17-13-5-3-10(16)7-11(13)15/h2-7H,16H2,1H3. The van der Waals surface area contributed by atoms with E-state index in [4.69, 9.17) is 10.5 Å². The molecule has 0 aliphatic rings. The fraction of sp³-hybridized carbons (Fsp3) is 0.0769. The van der Waals surface area contributed by atoms with Gasteiger partial charge in [0.15, 0.2) is 0 Å². The molecule has 0 heterocycles. The van der Waals surface area contributed by atoms with Crippen LogP contribution in [0.25, 0.3) is 0 Å². The summed E-state index contributed by atoms with van der Waals surface area (Å²) in [6.45, 7) is 2.01. The Morgan fingerprint density at radius 3 is 2.35 bits per heavy atom. The van der Waals surface area contributed by atoms with E-state index >= 15 is 0 Å². The Kier molecular flexibility index (Phi) is 3.74. The molecule has 17 heavy (non-hydrogen) atoms. The van der Waals surface area contributed by atoms with E-state index < -0.39 is 0 Å². The molecule has 0 aromatic heterocycles. The largest absolute Gasteiger partial charge is 0.456 e. The number of aryl methyl sites for hydroxylation is 1. The Bertz CT molecular complexity index is 506. The second-order valence-corrected chi connectivity index (χ2v) is 5.47. The molecular weight excluding hydrogens is 346 g/mol. The van der Waals surface area contributed by atoms with Crippen LogP contribution in [0, 0.1) is 6.92 Å². The first-order valence-electron chi connectivity index (χ1n) is 5.05. The average molecular weight is 357 g/mol. The van der Waals surface area contributed by atoms with Crippen molar-refractivity contribution < 1.29 is 4.74 Å². The monoisotopic (exact) mass is 355 g/mol. The first-order valence-corrected chi connectivity index (χ1v) is 6.64. The molecule has 0 fully saturated rings. The van der Waals surface area contributed by atoms with Gasteiger partial charge in [-0.1, -0.05) is 15.9 Å². The number of nitrogens with two attached hydrogens (primary N) is 1. The summed E-state index contributed by atoms with van der Waals surface area (Å²) in [6.07, 6.45) is 0. The normalized spacial score (nSPS) is 10.3. The highest BCUT2D eigenvalue weighted by molar-refractivity contribution is 9.10. The van der Waals surface area contributed by atoms with Crippen molar-refractivity contribution in [2.75, 3.05) is 5.73 Å². The maximum absolute atomic E-state index is 5.83. The molecule has 0 aliphatic heterocycles. The van der Waals surface area contributed by atoms with Gasteiger partial charge in [-0.25, -0.2) is 0 Å². The van der Waals surface area contributed by atoms with Gasteiger partial charge in [-0.3, -0.25) is 0 Å². The van der Waals surface area contributed by atoms with Crippen LogP contribution in [0.3, 0.4) is 0 Å². The molecule has 0 saturated carbocycles. The van der Waals surface area contributed by atoms with Crippen LogP contribution in [-0.2, 0) is 0 Å². The predicted octanol–water partition coefficient (Wildman–Crippen LogP) is 4.89. The van der Waals surface area contributed by atoms with Gasteiger partial charge >= 0.3 is 0 Å². The van der Waals surface area contributed by atoms with Crippen molar-refractivity contribution in [1.82, 2.24) is 0 Å². The molecule has 2 N–H and O–H groups in total. The Balaban J connectivity index is 2.31. The molecule has 0 atom stereocenters. The van der Waals surface area contributed by atoms with Crippen LogP contribution in [-0.4, -0.2) is 0 Å². The Morgan fingerprint density at radius 1 is 1.00 bits per heavy atom. The van der Waals surface area contributed by atoms with Crippen molar-refractivity contribution in [1.29, 1.82) is 0 Å². The van der Waals surface area contributed by atoms with E-state index in [2.05, 4.69) is 31.9 Å². The minimum Gasteiger partial charge on any atom is -0.456 e. The molecule has 2 nitrogen and oxygen atoms in total. The molecule has 0 amide bonds. The van der Waals surface area contributed by atoms with E-state index in [1.807, 2.05) is 43.3 Å². The van der Waals surface area contributed by atoms with E-state index in [1.54, 1.807) is 0 Å². The zero-order chi connectivity index (χ0) is 12.4. The topological polar surface area (TPSA) is 35.2 Å². The highest BCUT2D eigenvalue weighted by Crippen LogP contribution is 2.33. The lowest BCUT2D eigenvalue weighted by Crippen LogP contribution is -1.90. The van der Waals surface area contributed by atoms with Gasteiger partial charge in [0.05, 0.1) is 4.47 Å². The third kappa shape index (κ3) is 3.01. The molecule has 0 spiro atoms. The molecule has 0 unspecified atom stereocenters. The Morgan fingerprint density at radius 2 is 1.71 bits per heavy atom. The first kappa shape index (κ1) is 12.5. The third-order valence-electron chi connectivity index (χ3n) is 2.31. The van der Waals surface area contributed by atoms with Crippen LogP contribution in [0.4, 0.5) is 5.69 Å². The summed E-state index contributed by atoms with van der Waals surface area (Å²) in [4.78, 5) is 0. The van der Waals surface area contributed by atoms with Crippen molar-refractivity contribution in [2.45, 2.75) is 6.92 Å². The van der Waals surface area contributed by atoms with E-state index in [-0.39, 0.29) is 0 Å². The molecule has 0 radical (unpaired) electrons. The molecule has 0 saturated heterocycles. The summed E-state index contributed by atoms with van der Waals surface area (Å²) in [5.41, 5.74) is 7.46. The number of nitrogen functional groups attached to an aromatic ring is 1. The number of ether oxygens (including phenoxy) is 1. The van der Waals surface area contributed by atoms with Gasteiger partial charge < -0.3 is 10.5 Å². The number of rotatable bonds is 2. The van der Waals surface area contributed by atoms with Gasteiger partial charge in [0.1, 0.15) is 11.5 Å². The highest BCUT2D eigenvalue weighted by atomic mass is 79.9. The van der Waals surface area contributed by atoms with Crippen LogP contribution in [0.2, 0.25) is 0 Å². The first-order chi connectivity index (χ1) is 8.06. The second-order valence-electron chi connectivity index (χ2n) is 3.70. The zero-order valence-electron chi connectivity index (χ0n) is 9.21. The molecule has 0 aliphatic carbocycles. The number of anilines is 1. The van der Waals surface area contributed by atoms with Gasteiger partial charge in [-0.15, -0.1) is 0 Å². The molecule has 0 bridgehead atoms. The van der Waals surface area contributed by atoms with Crippen molar-refractivity contribution in [3.05, 3.63) is 50.9 Å². The van der Waals surface area contributed by atoms with Gasteiger partial charge in [-0.05, 0) is 64.8 Å². The van der Waals surface area contributed by atoms with Gasteiger partial charge in [0.2, 0.25) is 0 Å². The maximum atomic E-state index is 5.83. The number of hydrogen-bond donors (Lipinski definition) is 1. The third-order valence-corrected chi connectivity index (χ3v) is 3.43. The van der Waals surface area contributed by atoms with E-state index in [1.165, 1.54) is 0 Å². The summed E-state index contributed by atoms with van der Waals surface area (Å²) < 4.78 is 7.71. The summed E-state index contributed by atoms with van der Waals surface area (Å²) in [6, 6.07) is 11.4. The lowest BCUT2D eigenvalue weighted by atomic mass is 10.2. The van der Waals surface area contributed by atoms with Crippen LogP contribution < -0.4 is 10.5 Å². The Labute approximate surface area is 117 Å². The van der Waals surface area contributed by atoms with Crippen LogP contribution in [0.1, 0.15) is 5.56 Å². The predicted molar refractivity (Wildman–Crippen MR) is 77.5 cm³/mol. The fourth-order valence-electron chi connectivity index (χ4n) is 1.45. The van der Waals surface area contributed by atoms with E-state index in [0.717, 1.165) is 26.0 Å². The minimum atomic E-state index is 0.705. The van der Waals surface area contributed by atoms with Crippen LogP contribution >= 0.6 is 31.9 Å². The second kappa shape index (κ2) is 5.10. The van der Waals surface area contributed by atoms with Crippen molar-refractivity contribution in [3.63, 3.8) is 0 Å². The van der Waals surface area contributed by atoms with E-state index in [0.29, 0.717) is 5.69 Å². The molecular formula is C13H11Br2NO. The van der Waals surface area contributed by atoms with Crippen molar-refractivity contribution in [2.24, 2.45) is 0 Å². The summed E-state index contributed by atoms with van der Waals surface area (Å²) in [5, 5.41) is 0. The van der Waals surface area contributed by atoms with Crippen molar-refractivity contribution >= 4 is 37.5 Å². The smallest absolute Gasteiger partial charge is 0.141 e. The average Bonchev–Trinajstić information content (AvgIpc) is 2.25. The molecule has 2 aromatic carbocycles. The quantitative estimate of drug-likeness (QED) is 0.777. The number of hydrogen-bond acceptors (Lipinski definition) is 2. The lowest BCUT2D eigenvalue weighted by molar-refractivity contribution is 0.476. The van der Waals surface area contributed by atoms with Crippen molar-refractivity contribution in [3.8, 4) is 11.5 Å². The number of halogens is 2. The maximum Gasteiger partial charge on any atom is 0.141 e. The van der Waals surface area contributed by atoms with Gasteiger partial charge in [-0.2, -0.15) is 0 Å². The van der Waals surface area contributed by atoms with Crippen LogP contribution in [0.5, 0.6) is 11.5 Å². The lowest BCUT2D eigenvalue weighted by Gasteiger charge is -2.10. The van der Waals surface area contributed by atoms with Gasteiger partial charge in [0.25, 0.3) is 0 Å². The Hall–Kier alpha value is -1.00. The van der Waals surface area contributed by atoms with Gasteiger partial charge in [0, 0.05) is 10.2 Å². The van der Waals surface area contributed by atoms with Crippen LogP contribution in [0.15, 0.2) is 45.3 Å². The molecule has 88 valence electrons.